The molecule has 0 saturated heterocycles. The van der Waals surface area contributed by atoms with E-state index in [4.69, 9.17) is 9.47 Å². The SMILES string of the molecule is CCOc1cc(CN[C@H](C)CCc2ccccc2)ccc1OCC(=O)NC(C)(C)C. The summed E-state index contributed by atoms with van der Waals surface area (Å²) in [4.78, 5) is 12.0. The molecule has 0 aromatic heterocycles. The molecule has 0 heterocycles. The molecular formula is C25H36N2O3. The smallest absolute Gasteiger partial charge is 0.258 e. The zero-order valence-corrected chi connectivity index (χ0v) is 19.0. The number of ether oxygens (including phenoxy) is 2. The van der Waals surface area contributed by atoms with Gasteiger partial charge in [0, 0.05) is 18.1 Å². The third kappa shape index (κ3) is 8.87. The van der Waals surface area contributed by atoms with Gasteiger partial charge in [0.05, 0.1) is 6.61 Å². The summed E-state index contributed by atoms with van der Waals surface area (Å²) in [6, 6.07) is 16.8. The van der Waals surface area contributed by atoms with Crippen molar-refractivity contribution in [3.63, 3.8) is 0 Å². The molecule has 0 aliphatic heterocycles. The zero-order valence-electron chi connectivity index (χ0n) is 19.0. The van der Waals surface area contributed by atoms with Crippen LogP contribution in [0.2, 0.25) is 0 Å². The van der Waals surface area contributed by atoms with E-state index in [2.05, 4.69) is 41.8 Å². The molecule has 2 rings (SSSR count). The lowest BCUT2D eigenvalue weighted by molar-refractivity contribution is -0.124. The van der Waals surface area contributed by atoms with Crippen LogP contribution in [0.25, 0.3) is 0 Å². The molecular weight excluding hydrogens is 376 g/mol. The predicted octanol–water partition coefficient (Wildman–Crippen LogP) is 4.49. The van der Waals surface area contributed by atoms with Crippen LogP contribution in [-0.2, 0) is 17.8 Å². The molecule has 30 heavy (non-hydrogen) atoms. The van der Waals surface area contributed by atoms with E-state index in [1.54, 1.807) is 0 Å². The van der Waals surface area contributed by atoms with E-state index < -0.39 is 0 Å². The summed E-state index contributed by atoms with van der Waals surface area (Å²) in [6.45, 7) is 11.2. The van der Waals surface area contributed by atoms with Crippen molar-refractivity contribution in [2.45, 2.75) is 65.6 Å². The number of amides is 1. The van der Waals surface area contributed by atoms with E-state index >= 15 is 0 Å². The first-order chi connectivity index (χ1) is 14.3. The minimum atomic E-state index is -0.282. The normalized spacial score (nSPS) is 12.3. The van der Waals surface area contributed by atoms with Crippen molar-refractivity contribution in [1.82, 2.24) is 10.6 Å². The molecule has 0 bridgehead atoms. The van der Waals surface area contributed by atoms with Crippen molar-refractivity contribution < 1.29 is 14.3 Å². The molecule has 0 aliphatic rings. The third-order valence-corrected chi connectivity index (χ3v) is 4.54. The fraction of sp³-hybridized carbons (Fsp3) is 0.480. The second kappa shape index (κ2) is 11.6. The zero-order chi connectivity index (χ0) is 22.0. The molecule has 2 aromatic carbocycles. The van der Waals surface area contributed by atoms with Gasteiger partial charge in [-0.25, -0.2) is 0 Å². The Labute approximate surface area is 181 Å². The van der Waals surface area contributed by atoms with E-state index in [0.717, 1.165) is 24.9 Å². The maximum Gasteiger partial charge on any atom is 0.258 e. The summed E-state index contributed by atoms with van der Waals surface area (Å²) in [5, 5.41) is 6.47. The van der Waals surface area contributed by atoms with E-state index in [0.29, 0.717) is 24.1 Å². The van der Waals surface area contributed by atoms with Gasteiger partial charge >= 0.3 is 0 Å². The van der Waals surface area contributed by atoms with Crippen molar-refractivity contribution in [2.75, 3.05) is 13.2 Å². The largest absolute Gasteiger partial charge is 0.490 e. The minimum absolute atomic E-state index is 0.0362. The van der Waals surface area contributed by atoms with Crippen LogP contribution in [-0.4, -0.2) is 30.7 Å². The molecule has 0 saturated carbocycles. The van der Waals surface area contributed by atoms with E-state index in [1.807, 2.05) is 52.0 Å². The second-order valence-electron chi connectivity index (χ2n) is 8.61. The molecule has 5 nitrogen and oxygen atoms in total. The summed E-state index contributed by atoms with van der Waals surface area (Å²) in [5.41, 5.74) is 2.20. The summed E-state index contributed by atoms with van der Waals surface area (Å²) in [6.07, 6.45) is 2.13. The van der Waals surface area contributed by atoms with Gasteiger partial charge < -0.3 is 20.1 Å². The molecule has 0 fully saturated rings. The number of carbonyl (C=O) groups excluding carboxylic acids is 1. The Kier molecular flexibility index (Phi) is 9.18. The van der Waals surface area contributed by atoms with E-state index in [-0.39, 0.29) is 18.1 Å². The average Bonchev–Trinajstić information content (AvgIpc) is 2.69. The average molecular weight is 413 g/mol. The highest BCUT2D eigenvalue weighted by Crippen LogP contribution is 2.28. The maximum atomic E-state index is 12.0. The van der Waals surface area contributed by atoms with Crippen LogP contribution in [0.4, 0.5) is 0 Å². The number of hydrogen-bond acceptors (Lipinski definition) is 4. The minimum Gasteiger partial charge on any atom is -0.490 e. The molecule has 1 amide bonds. The number of benzene rings is 2. The Bertz CT molecular complexity index is 785. The van der Waals surface area contributed by atoms with Crippen molar-refractivity contribution in [3.8, 4) is 11.5 Å². The van der Waals surface area contributed by atoms with Gasteiger partial charge in [-0.2, -0.15) is 0 Å². The van der Waals surface area contributed by atoms with E-state index in [9.17, 15) is 4.79 Å². The predicted molar refractivity (Wildman–Crippen MR) is 122 cm³/mol. The molecule has 164 valence electrons. The highest BCUT2D eigenvalue weighted by molar-refractivity contribution is 5.78. The second-order valence-corrected chi connectivity index (χ2v) is 8.61. The molecule has 5 heteroatoms. The number of carbonyl (C=O) groups is 1. The first-order valence-corrected chi connectivity index (χ1v) is 10.7. The van der Waals surface area contributed by atoms with Gasteiger partial charge in [0.15, 0.2) is 18.1 Å². The lowest BCUT2D eigenvalue weighted by Crippen LogP contribution is -2.43. The standard InChI is InChI=1S/C25H36N2O3/c1-6-29-23-16-21(14-15-22(23)30-18-24(28)27-25(3,4)5)17-26-19(2)12-13-20-10-8-7-9-11-20/h7-11,14-16,19,26H,6,12-13,17-18H2,1-5H3,(H,27,28)/t19-/m1/s1. The Morgan fingerprint density at radius 2 is 1.73 bits per heavy atom. The van der Waals surface area contributed by atoms with Gasteiger partial charge in [-0.15, -0.1) is 0 Å². The highest BCUT2D eigenvalue weighted by atomic mass is 16.5. The van der Waals surface area contributed by atoms with Crippen LogP contribution >= 0.6 is 0 Å². The van der Waals surface area contributed by atoms with Gasteiger partial charge in [-0.3, -0.25) is 4.79 Å². The third-order valence-electron chi connectivity index (χ3n) is 4.54. The van der Waals surface area contributed by atoms with Gasteiger partial charge in [0.2, 0.25) is 0 Å². The first kappa shape index (κ1) is 23.7. The fourth-order valence-electron chi connectivity index (χ4n) is 3.07. The number of hydrogen-bond donors (Lipinski definition) is 2. The number of rotatable bonds is 11. The van der Waals surface area contributed by atoms with Crippen LogP contribution in [0.1, 0.15) is 52.2 Å². The lowest BCUT2D eigenvalue weighted by atomic mass is 10.1. The number of nitrogens with one attached hydrogen (secondary N) is 2. The van der Waals surface area contributed by atoms with Crippen molar-refractivity contribution in [2.24, 2.45) is 0 Å². The van der Waals surface area contributed by atoms with Crippen molar-refractivity contribution in [1.29, 1.82) is 0 Å². The molecule has 1 atom stereocenters. The van der Waals surface area contributed by atoms with Crippen LogP contribution in [0, 0.1) is 0 Å². The molecule has 0 aliphatic carbocycles. The first-order valence-electron chi connectivity index (χ1n) is 10.7. The topological polar surface area (TPSA) is 59.6 Å². The quantitative estimate of drug-likeness (QED) is 0.571. The number of aryl methyl sites for hydroxylation is 1. The lowest BCUT2D eigenvalue weighted by Gasteiger charge is -2.21. The van der Waals surface area contributed by atoms with Gasteiger partial charge in [0.25, 0.3) is 5.91 Å². The van der Waals surface area contributed by atoms with Gasteiger partial charge in [-0.05, 0) is 70.7 Å². The monoisotopic (exact) mass is 412 g/mol. The molecule has 0 spiro atoms. The molecule has 0 radical (unpaired) electrons. The van der Waals surface area contributed by atoms with Crippen LogP contribution < -0.4 is 20.1 Å². The van der Waals surface area contributed by atoms with Crippen molar-refractivity contribution in [3.05, 3.63) is 59.7 Å². The molecule has 2 N–H and O–H groups in total. The maximum absolute atomic E-state index is 12.0. The summed E-state index contributed by atoms with van der Waals surface area (Å²) < 4.78 is 11.4. The van der Waals surface area contributed by atoms with Crippen molar-refractivity contribution >= 4 is 5.91 Å². The summed E-state index contributed by atoms with van der Waals surface area (Å²) >= 11 is 0. The Balaban J connectivity index is 1.87. The van der Waals surface area contributed by atoms with Gasteiger partial charge in [0.1, 0.15) is 0 Å². The molecule has 2 aromatic rings. The Hall–Kier alpha value is -2.53. The summed E-state index contributed by atoms with van der Waals surface area (Å²) in [5.74, 6) is 1.10. The van der Waals surface area contributed by atoms with Crippen LogP contribution in [0.5, 0.6) is 11.5 Å². The highest BCUT2D eigenvalue weighted by Gasteiger charge is 2.15. The molecule has 0 unspecified atom stereocenters. The van der Waals surface area contributed by atoms with Crippen LogP contribution in [0.3, 0.4) is 0 Å². The van der Waals surface area contributed by atoms with E-state index in [1.165, 1.54) is 5.56 Å². The Morgan fingerprint density at radius 1 is 1.00 bits per heavy atom. The van der Waals surface area contributed by atoms with Crippen LogP contribution in [0.15, 0.2) is 48.5 Å². The Morgan fingerprint density at radius 3 is 2.40 bits per heavy atom. The fourth-order valence-corrected chi connectivity index (χ4v) is 3.07. The van der Waals surface area contributed by atoms with Gasteiger partial charge in [-0.1, -0.05) is 36.4 Å². The summed E-state index contributed by atoms with van der Waals surface area (Å²) in [7, 11) is 0.